The third-order valence-electron chi connectivity index (χ3n) is 6.06. The summed E-state index contributed by atoms with van der Waals surface area (Å²) in [6.45, 7) is 4.69. The minimum absolute atomic E-state index is 0.0461. The lowest BCUT2D eigenvalue weighted by atomic mass is 9.93. The van der Waals surface area contributed by atoms with Gasteiger partial charge in [-0.2, -0.15) is 0 Å². The van der Waals surface area contributed by atoms with Crippen molar-refractivity contribution >= 4 is 34.7 Å². The van der Waals surface area contributed by atoms with Crippen molar-refractivity contribution in [2.45, 2.75) is 32.6 Å². The van der Waals surface area contributed by atoms with Gasteiger partial charge in [0.15, 0.2) is 0 Å². The molecule has 2 aliphatic heterocycles. The summed E-state index contributed by atoms with van der Waals surface area (Å²) in [5.41, 5.74) is 0.420. The summed E-state index contributed by atoms with van der Waals surface area (Å²) in [7, 11) is 0. The number of hydrogen-bond donors (Lipinski definition) is 1. The van der Waals surface area contributed by atoms with Gasteiger partial charge < -0.3 is 15.1 Å². The van der Waals surface area contributed by atoms with Crippen molar-refractivity contribution in [1.29, 1.82) is 0 Å². The van der Waals surface area contributed by atoms with Crippen LogP contribution in [0.15, 0.2) is 24.3 Å². The van der Waals surface area contributed by atoms with Crippen molar-refractivity contribution in [3.05, 3.63) is 40.1 Å². The molecule has 10 heteroatoms. The Morgan fingerprint density at radius 1 is 1.00 bits per heavy atom. The largest absolute Gasteiger partial charge is 0.342 e. The molecule has 1 atom stereocenters. The summed E-state index contributed by atoms with van der Waals surface area (Å²) < 4.78 is 13.0. The fourth-order valence-electron chi connectivity index (χ4n) is 4.10. The number of piperidine rings is 2. The second-order valence-corrected chi connectivity index (χ2v) is 9.45. The third kappa shape index (κ3) is 5.12. The minimum atomic E-state index is -0.515. The SMILES string of the molecule is CC1CCN(C(=O)[C@H]2CCCN(C(=O)c3nnc(C(=O)Nc4ccc(F)cc4)s3)C2)CC1. The first-order valence-electron chi connectivity index (χ1n) is 10.9. The summed E-state index contributed by atoms with van der Waals surface area (Å²) in [6.07, 6.45) is 3.57. The Bertz CT molecular complexity index is 988. The Balaban J connectivity index is 1.36. The molecule has 0 bridgehead atoms. The second kappa shape index (κ2) is 9.72. The standard InChI is InChI=1S/C22H26FN5O3S/c1-14-8-11-27(12-9-14)21(30)15-3-2-10-28(13-15)22(31)20-26-25-19(32-20)18(29)24-17-6-4-16(23)5-7-17/h4-7,14-15H,2-3,8-13H2,1H3,(H,24,29)/t15-/m0/s1. The molecule has 2 aliphatic rings. The van der Waals surface area contributed by atoms with Crippen molar-refractivity contribution < 1.29 is 18.8 Å². The Hall–Kier alpha value is -2.88. The zero-order valence-electron chi connectivity index (χ0n) is 17.9. The fraction of sp³-hybridized carbons (Fsp3) is 0.500. The van der Waals surface area contributed by atoms with Gasteiger partial charge in [0.1, 0.15) is 5.82 Å². The molecule has 2 saturated heterocycles. The lowest BCUT2D eigenvalue weighted by molar-refractivity contribution is -0.138. The van der Waals surface area contributed by atoms with Gasteiger partial charge >= 0.3 is 0 Å². The maximum absolute atomic E-state index is 13.0. The topological polar surface area (TPSA) is 95.5 Å². The molecule has 0 aliphatic carbocycles. The predicted octanol–water partition coefficient (Wildman–Crippen LogP) is 3.04. The van der Waals surface area contributed by atoms with Gasteiger partial charge in [0, 0.05) is 31.9 Å². The first-order valence-corrected chi connectivity index (χ1v) is 11.7. The summed E-state index contributed by atoms with van der Waals surface area (Å²) in [5, 5.41) is 10.5. The number of rotatable bonds is 4. The Morgan fingerprint density at radius 2 is 1.69 bits per heavy atom. The Morgan fingerprint density at radius 3 is 2.41 bits per heavy atom. The van der Waals surface area contributed by atoms with Crippen LogP contribution >= 0.6 is 11.3 Å². The molecule has 1 aromatic heterocycles. The van der Waals surface area contributed by atoms with Crippen LogP contribution in [0.3, 0.4) is 0 Å². The van der Waals surface area contributed by atoms with Crippen LogP contribution in [0.25, 0.3) is 0 Å². The number of nitrogens with one attached hydrogen (secondary N) is 1. The van der Waals surface area contributed by atoms with Crippen LogP contribution in [0.4, 0.5) is 10.1 Å². The number of hydrogen-bond acceptors (Lipinski definition) is 6. The number of carbonyl (C=O) groups is 3. The zero-order valence-corrected chi connectivity index (χ0v) is 18.7. The van der Waals surface area contributed by atoms with Gasteiger partial charge in [-0.15, -0.1) is 10.2 Å². The van der Waals surface area contributed by atoms with Crippen molar-refractivity contribution in [2.75, 3.05) is 31.5 Å². The molecule has 4 rings (SSSR count). The van der Waals surface area contributed by atoms with E-state index in [2.05, 4.69) is 22.4 Å². The molecule has 32 heavy (non-hydrogen) atoms. The summed E-state index contributed by atoms with van der Waals surface area (Å²) in [6, 6.07) is 5.36. The van der Waals surface area contributed by atoms with Crippen molar-refractivity contribution in [2.24, 2.45) is 11.8 Å². The van der Waals surface area contributed by atoms with Gasteiger partial charge in [-0.3, -0.25) is 14.4 Å². The number of halogens is 1. The highest BCUT2D eigenvalue weighted by molar-refractivity contribution is 7.15. The molecular formula is C22H26FN5O3S. The number of likely N-dealkylation sites (tertiary alicyclic amines) is 2. The number of amides is 3. The van der Waals surface area contributed by atoms with Gasteiger partial charge in [-0.1, -0.05) is 18.3 Å². The first kappa shape index (κ1) is 22.3. The van der Waals surface area contributed by atoms with E-state index in [1.165, 1.54) is 24.3 Å². The Kier molecular flexibility index (Phi) is 6.78. The molecule has 8 nitrogen and oxygen atoms in total. The van der Waals surface area contributed by atoms with Crippen LogP contribution in [0.1, 0.15) is 52.2 Å². The van der Waals surface area contributed by atoms with Crippen LogP contribution in [-0.4, -0.2) is 63.9 Å². The van der Waals surface area contributed by atoms with Crippen molar-refractivity contribution in [1.82, 2.24) is 20.0 Å². The molecule has 0 saturated carbocycles. The van der Waals surface area contributed by atoms with Crippen LogP contribution in [-0.2, 0) is 4.79 Å². The quantitative estimate of drug-likeness (QED) is 0.758. The van der Waals surface area contributed by atoms with E-state index in [0.29, 0.717) is 24.7 Å². The van der Waals surface area contributed by atoms with Gasteiger partial charge in [0.2, 0.25) is 15.9 Å². The lowest BCUT2D eigenvalue weighted by Gasteiger charge is -2.37. The van der Waals surface area contributed by atoms with E-state index in [1.54, 1.807) is 4.90 Å². The van der Waals surface area contributed by atoms with Gasteiger partial charge in [-0.25, -0.2) is 4.39 Å². The maximum Gasteiger partial charge on any atom is 0.286 e. The highest BCUT2D eigenvalue weighted by Gasteiger charge is 2.33. The average molecular weight is 460 g/mol. The number of aromatic nitrogens is 2. The molecule has 0 spiro atoms. The summed E-state index contributed by atoms with van der Waals surface area (Å²) in [5.74, 6) is -0.649. The highest BCUT2D eigenvalue weighted by atomic mass is 32.1. The van der Waals surface area contributed by atoms with E-state index in [-0.39, 0.29) is 27.7 Å². The summed E-state index contributed by atoms with van der Waals surface area (Å²) >= 11 is 0.908. The summed E-state index contributed by atoms with van der Waals surface area (Å²) in [4.78, 5) is 41.8. The zero-order chi connectivity index (χ0) is 22.7. The van der Waals surface area contributed by atoms with Crippen molar-refractivity contribution in [3.8, 4) is 0 Å². The third-order valence-corrected chi connectivity index (χ3v) is 6.97. The van der Waals surface area contributed by atoms with Gasteiger partial charge in [0.05, 0.1) is 5.92 Å². The maximum atomic E-state index is 13.0. The minimum Gasteiger partial charge on any atom is -0.342 e. The lowest BCUT2D eigenvalue weighted by Crippen LogP contribution is -2.48. The predicted molar refractivity (Wildman–Crippen MR) is 118 cm³/mol. The molecule has 3 amide bonds. The molecule has 1 N–H and O–H groups in total. The van der Waals surface area contributed by atoms with Gasteiger partial charge in [-0.05, 0) is 55.9 Å². The van der Waals surface area contributed by atoms with E-state index >= 15 is 0 Å². The second-order valence-electron chi connectivity index (χ2n) is 8.47. The Labute approximate surface area is 189 Å². The normalized spacial score (nSPS) is 19.6. The van der Waals surface area contributed by atoms with Crippen LogP contribution in [0, 0.1) is 17.7 Å². The smallest absolute Gasteiger partial charge is 0.286 e. The molecular weight excluding hydrogens is 433 g/mol. The molecule has 0 unspecified atom stereocenters. The van der Waals surface area contributed by atoms with E-state index in [0.717, 1.165) is 50.1 Å². The van der Waals surface area contributed by atoms with E-state index < -0.39 is 11.7 Å². The molecule has 0 radical (unpaired) electrons. The monoisotopic (exact) mass is 459 g/mol. The van der Waals surface area contributed by atoms with Crippen molar-refractivity contribution in [3.63, 3.8) is 0 Å². The van der Waals surface area contributed by atoms with Crippen LogP contribution in [0.5, 0.6) is 0 Å². The molecule has 170 valence electrons. The number of carbonyl (C=O) groups excluding carboxylic acids is 3. The molecule has 3 heterocycles. The average Bonchev–Trinajstić information content (AvgIpc) is 3.31. The number of anilines is 1. The number of benzene rings is 1. The van der Waals surface area contributed by atoms with Gasteiger partial charge in [0.25, 0.3) is 11.8 Å². The van der Waals surface area contributed by atoms with E-state index in [1.807, 2.05) is 4.90 Å². The highest BCUT2D eigenvalue weighted by Crippen LogP contribution is 2.25. The number of nitrogens with zero attached hydrogens (tertiary/aromatic N) is 4. The first-order chi connectivity index (χ1) is 15.4. The van der Waals surface area contributed by atoms with Crippen LogP contribution in [0.2, 0.25) is 0 Å². The molecule has 2 aromatic rings. The van der Waals surface area contributed by atoms with E-state index in [9.17, 15) is 18.8 Å². The fourth-order valence-corrected chi connectivity index (χ4v) is 4.81. The van der Waals surface area contributed by atoms with E-state index in [4.69, 9.17) is 0 Å². The molecule has 1 aromatic carbocycles. The molecule has 2 fully saturated rings. The van der Waals surface area contributed by atoms with Crippen LogP contribution < -0.4 is 5.32 Å².